The number of nitriles is 1. The second-order valence-corrected chi connectivity index (χ2v) is 4.89. The molecule has 5 heteroatoms. The Bertz CT molecular complexity index is 602. The van der Waals surface area contributed by atoms with Crippen LogP contribution in [0.5, 0.6) is 0 Å². The van der Waals surface area contributed by atoms with Gasteiger partial charge in [0.1, 0.15) is 0 Å². The normalized spacial score (nSPS) is 24.0. The van der Waals surface area contributed by atoms with Crippen molar-refractivity contribution in [3.63, 3.8) is 0 Å². The molecular formula is C14H14N4O. The van der Waals surface area contributed by atoms with E-state index >= 15 is 0 Å². The van der Waals surface area contributed by atoms with Crippen LogP contribution in [0.1, 0.15) is 30.5 Å². The number of fused-ring (bicyclic) bond motifs is 4. The van der Waals surface area contributed by atoms with Crippen molar-refractivity contribution in [2.24, 2.45) is 4.99 Å². The summed E-state index contributed by atoms with van der Waals surface area (Å²) in [5, 5.41) is 11.3. The fraction of sp³-hybridized carbons (Fsp3) is 0.357. The number of rotatable bonds is 0. The molecule has 5 nitrogen and oxygen atoms in total. The summed E-state index contributed by atoms with van der Waals surface area (Å²) in [5.74, 6) is 0.301. The molecule has 0 saturated heterocycles. The lowest BCUT2D eigenvalue weighted by Crippen LogP contribution is -2.53. The van der Waals surface area contributed by atoms with Crippen molar-refractivity contribution in [3.8, 4) is 6.19 Å². The molecule has 1 aromatic rings. The van der Waals surface area contributed by atoms with Gasteiger partial charge in [0, 0.05) is 13.0 Å². The molecular weight excluding hydrogens is 240 g/mol. The summed E-state index contributed by atoms with van der Waals surface area (Å²) < 4.78 is 0. The molecule has 3 rings (SSSR count). The first-order chi connectivity index (χ1) is 9.20. The zero-order valence-corrected chi connectivity index (χ0v) is 10.6. The topological polar surface area (TPSA) is 68.5 Å². The average molecular weight is 254 g/mol. The number of hydrogen-bond donors (Lipinski definition) is 1. The Morgan fingerprint density at radius 2 is 2.32 bits per heavy atom. The summed E-state index contributed by atoms with van der Waals surface area (Å²) in [6.07, 6.45) is 3.51. The zero-order valence-electron chi connectivity index (χ0n) is 10.6. The number of carbonyl (C=O) groups excluding carboxylic acids is 1. The molecule has 0 fully saturated rings. The highest BCUT2D eigenvalue weighted by molar-refractivity contribution is 5.97. The van der Waals surface area contributed by atoms with Gasteiger partial charge in [-0.15, -0.1) is 0 Å². The Balaban J connectivity index is 2.07. The molecule has 2 bridgehead atoms. The molecule has 0 aromatic heterocycles. The smallest absolute Gasteiger partial charge is 0.226 e. The molecule has 1 aliphatic heterocycles. The van der Waals surface area contributed by atoms with Crippen LogP contribution in [0.3, 0.4) is 0 Å². The number of aliphatic imine (C=N–C) groups is 1. The fourth-order valence-electron chi connectivity index (χ4n) is 3.02. The van der Waals surface area contributed by atoms with E-state index in [9.17, 15) is 4.79 Å². The van der Waals surface area contributed by atoms with Crippen molar-refractivity contribution in [1.29, 1.82) is 5.26 Å². The third kappa shape index (κ3) is 1.85. The number of amides is 1. The van der Waals surface area contributed by atoms with Gasteiger partial charge in [-0.3, -0.25) is 15.0 Å². The van der Waals surface area contributed by atoms with Gasteiger partial charge in [-0.1, -0.05) is 24.3 Å². The van der Waals surface area contributed by atoms with Crippen LogP contribution in [-0.4, -0.2) is 22.8 Å². The highest BCUT2D eigenvalue weighted by atomic mass is 16.2. The van der Waals surface area contributed by atoms with Crippen LogP contribution in [0.4, 0.5) is 0 Å². The van der Waals surface area contributed by atoms with E-state index in [1.165, 1.54) is 18.1 Å². The first kappa shape index (κ1) is 11.7. The van der Waals surface area contributed by atoms with Crippen LogP contribution in [0.2, 0.25) is 0 Å². The van der Waals surface area contributed by atoms with Gasteiger partial charge in [0.05, 0.1) is 6.04 Å². The molecule has 0 radical (unpaired) electrons. The lowest BCUT2D eigenvalue weighted by Gasteiger charge is -2.41. The summed E-state index contributed by atoms with van der Waals surface area (Å²) >= 11 is 0. The summed E-state index contributed by atoms with van der Waals surface area (Å²) in [5.41, 5.74) is 2.45. The third-order valence-electron chi connectivity index (χ3n) is 3.74. The van der Waals surface area contributed by atoms with E-state index < -0.39 is 0 Å². The molecule has 2 aliphatic rings. The summed E-state index contributed by atoms with van der Waals surface area (Å²) in [4.78, 5) is 17.9. The quantitative estimate of drug-likeness (QED) is 0.561. The van der Waals surface area contributed by atoms with Crippen LogP contribution >= 0.6 is 0 Å². The molecule has 1 amide bonds. The van der Waals surface area contributed by atoms with Crippen LogP contribution in [0.15, 0.2) is 29.3 Å². The summed E-state index contributed by atoms with van der Waals surface area (Å²) in [6.45, 7) is 1.51. The molecule has 1 aromatic carbocycles. The van der Waals surface area contributed by atoms with Crippen LogP contribution in [0, 0.1) is 11.5 Å². The van der Waals surface area contributed by atoms with Gasteiger partial charge in [0.15, 0.2) is 6.19 Å². The highest BCUT2D eigenvalue weighted by Gasteiger charge is 2.38. The van der Waals surface area contributed by atoms with E-state index in [1.54, 1.807) is 4.90 Å². The lowest BCUT2D eigenvalue weighted by atomic mass is 9.83. The van der Waals surface area contributed by atoms with E-state index in [2.05, 4.69) is 22.4 Å². The number of benzene rings is 1. The lowest BCUT2D eigenvalue weighted by molar-refractivity contribution is -0.127. The van der Waals surface area contributed by atoms with Gasteiger partial charge in [-0.25, -0.2) is 4.99 Å². The molecule has 1 heterocycles. The highest BCUT2D eigenvalue weighted by Crippen LogP contribution is 2.37. The van der Waals surface area contributed by atoms with Crippen molar-refractivity contribution in [2.45, 2.75) is 31.8 Å². The van der Waals surface area contributed by atoms with Crippen molar-refractivity contribution < 1.29 is 4.79 Å². The Labute approximate surface area is 111 Å². The van der Waals surface area contributed by atoms with Gasteiger partial charge in [-0.2, -0.15) is 5.26 Å². The molecule has 0 saturated carbocycles. The molecule has 1 N–H and O–H groups in total. The first-order valence-electron chi connectivity index (χ1n) is 6.31. The van der Waals surface area contributed by atoms with E-state index in [0.29, 0.717) is 5.96 Å². The van der Waals surface area contributed by atoms with Crippen molar-refractivity contribution in [1.82, 2.24) is 10.2 Å². The van der Waals surface area contributed by atoms with Gasteiger partial charge < -0.3 is 0 Å². The van der Waals surface area contributed by atoms with E-state index in [1.807, 2.05) is 18.3 Å². The van der Waals surface area contributed by atoms with Crippen molar-refractivity contribution >= 4 is 11.9 Å². The third-order valence-corrected chi connectivity index (χ3v) is 3.74. The second-order valence-electron chi connectivity index (χ2n) is 4.89. The molecule has 2 atom stereocenters. The second kappa shape index (κ2) is 4.39. The van der Waals surface area contributed by atoms with Gasteiger partial charge in [-0.05, 0) is 24.0 Å². The van der Waals surface area contributed by atoms with Crippen molar-refractivity contribution in [3.05, 3.63) is 35.4 Å². The van der Waals surface area contributed by atoms with E-state index in [-0.39, 0.29) is 18.0 Å². The standard InChI is InChI=1S/C14H14N4O/c1-9(19)18-11-6-10-4-2-3-5-12(10)13(7-11)17-14(18)16-8-15/h2-5,11,13H,6-7H2,1H3,(H,16,17). The summed E-state index contributed by atoms with van der Waals surface area (Å²) in [6, 6.07) is 8.31. The fourth-order valence-corrected chi connectivity index (χ4v) is 3.02. The SMILES string of the molecule is CC(=O)N1C(NC#N)=NC2CC1Cc1ccccc12. The first-order valence-corrected chi connectivity index (χ1v) is 6.31. The molecule has 96 valence electrons. The van der Waals surface area contributed by atoms with E-state index in [4.69, 9.17) is 5.26 Å². The summed E-state index contributed by atoms with van der Waals surface area (Å²) in [7, 11) is 0. The molecule has 1 aliphatic carbocycles. The molecule has 0 spiro atoms. The Hall–Kier alpha value is -2.35. The van der Waals surface area contributed by atoms with Gasteiger partial charge >= 0.3 is 0 Å². The zero-order chi connectivity index (χ0) is 13.4. The molecule has 2 unspecified atom stereocenters. The Kier molecular flexibility index (Phi) is 2.71. The van der Waals surface area contributed by atoms with Gasteiger partial charge in [0.2, 0.25) is 11.9 Å². The maximum absolute atomic E-state index is 11.8. The molecule has 19 heavy (non-hydrogen) atoms. The number of nitrogens with zero attached hydrogens (tertiary/aromatic N) is 3. The predicted octanol–water partition coefficient (Wildman–Crippen LogP) is 1.33. The minimum atomic E-state index is -0.0793. The Morgan fingerprint density at radius 1 is 1.53 bits per heavy atom. The minimum absolute atomic E-state index is 0.0430. The number of carbonyl (C=O) groups is 1. The van der Waals surface area contributed by atoms with Crippen LogP contribution in [-0.2, 0) is 11.2 Å². The van der Waals surface area contributed by atoms with Crippen LogP contribution in [0.25, 0.3) is 0 Å². The number of nitrogens with one attached hydrogen (secondary N) is 1. The number of hydrogen-bond acceptors (Lipinski definition) is 4. The monoisotopic (exact) mass is 254 g/mol. The van der Waals surface area contributed by atoms with Gasteiger partial charge in [0.25, 0.3) is 0 Å². The predicted molar refractivity (Wildman–Crippen MR) is 70.0 cm³/mol. The van der Waals surface area contributed by atoms with E-state index in [0.717, 1.165) is 12.8 Å². The van der Waals surface area contributed by atoms with Crippen molar-refractivity contribution in [2.75, 3.05) is 0 Å². The largest absolute Gasteiger partial charge is 0.279 e. The maximum atomic E-state index is 11.8. The maximum Gasteiger partial charge on any atom is 0.226 e. The van der Waals surface area contributed by atoms with Crippen LogP contribution < -0.4 is 5.32 Å². The Morgan fingerprint density at radius 3 is 3.05 bits per heavy atom. The minimum Gasteiger partial charge on any atom is -0.279 e. The number of guanidine groups is 1. The average Bonchev–Trinajstić information content (AvgIpc) is 2.38.